The summed E-state index contributed by atoms with van der Waals surface area (Å²) in [6.45, 7) is 2.82. The number of fused-ring (bicyclic) bond motifs is 1. The Morgan fingerprint density at radius 2 is 1.87 bits per heavy atom. The Balaban J connectivity index is 1.85. The minimum absolute atomic E-state index is 0.0385. The second-order valence-electron chi connectivity index (χ2n) is 5.00. The number of carbonyl (C=O) groups is 1. The number of sulfonamides is 1. The number of hydrogen-bond donors (Lipinski definition) is 1. The maximum Gasteiger partial charge on any atom is 0.275 e. The molecule has 0 saturated heterocycles. The van der Waals surface area contributed by atoms with E-state index in [9.17, 15) is 13.2 Å². The molecule has 0 unspecified atom stereocenters. The highest BCUT2D eigenvalue weighted by molar-refractivity contribution is 7.90. The Morgan fingerprint density at radius 3 is 2.57 bits per heavy atom. The average Bonchev–Trinajstić information content (AvgIpc) is 2.81. The largest absolute Gasteiger partial charge is 0.490 e. The van der Waals surface area contributed by atoms with Crippen molar-refractivity contribution in [3.63, 3.8) is 0 Å². The SMILES string of the molecule is Cc1ccc(C(=O)NS(=O)(=O)c2ccc3c(c2)OCCCO3)s1. The van der Waals surface area contributed by atoms with Crippen molar-refractivity contribution in [2.24, 2.45) is 0 Å². The Morgan fingerprint density at radius 1 is 1.13 bits per heavy atom. The molecule has 8 heteroatoms. The summed E-state index contributed by atoms with van der Waals surface area (Å²) in [7, 11) is -3.97. The Kier molecular flexibility index (Phi) is 4.27. The van der Waals surface area contributed by atoms with Crippen molar-refractivity contribution in [3.8, 4) is 11.5 Å². The first kappa shape index (κ1) is 15.8. The zero-order chi connectivity index (χ0) is 16.4. The van der Waals surface area contributed by atoms with Crippen molar-refractivity contribution in [2.75, 3.05) is 13.2 Å². The van der Waals surface area contributed by atoms with Crippen LogP contribution in [0.3, 0.4) is 0 Å². The van der Waals surface area contributed by atoms with Crippen LogP contribution in [0.25, 0.3) is 0 Å². The lowest BCUT2D eigenvalue weighted by atomic mass is 10.3. The number of amides is 1. The molecule has 0 radical (unpaired) electrons. The van der Waals surface area contributed by atoms with Gasteiger partial charge in [-0.05, 0) is 31.2 Å². The monoisotopic (exact) mass is 353 g/mol. The number of ether oxygens (including phenoxy) is 2. The number of nitrogens with one attached hydrogen (secondary N) is 1. The smallest absolute Gasteiger partial charge is 0.275 e. The zero-order valence-corrected chi connectivity index (χ0v) is 14.0. The molecule has 2 heterocycles. The summed E-state index contributed by atoms with van der Waals surface area (Å²) in [5.41, 5.74) is 0. The van der Waals surface area contributed by atoms with Gasteiger partial charge in [0.2, 0.25) is 0 Å². The minimum atomic E-state index is -3.97. The number of rotatable bonds is 3. The molecule has 23 heavy (non-hydrogen) atoms. The van der Waals surface area contributed by atoms with Gasteiger partial charge in [-0.15, -0.1) is 11.3 Å². The zero-order valence-electron chi connectivity index (χ0n) is 12.4. The third-order valence-corrected chi connectivity index (χ3v) is 5.55. The minimum Gasteiger partial charge on any atom is -0.490 e. The third kappa shape index (κ3) is 3.48. The molecule has 122 valence electrons. The fourth-order valence-electron chi connectivity index (χ4n) is 2.10. The van der Waals surface area contributed by atoms with Crippen LogP contribution < -0.4 is 14.2 Å². The maximum atomic E-state index is 12.4. The standard InChI is InChI=1S/C15H15NO5S2/c1-10-3-6-14(22-10)15(17)16-23(18,19)11-4-5-12-13(9-11)21-8-2-7-20-12/h3-6,9H,2,7-8H2,1H3,(H,16,17). The molecule has 3 rings (SSSR count). The van der Waals surface area contributed by atoms with Crippen LogP contribution >= 0.6 is 11.3 Å². The molecule has 1 aromatic carbocycles. The van der Waals surface area contributed by atoms with Crippen molar-refractivity contribution < 1.29 is 22.7 Å². The molecule has 1 aromatic heterocycles. The van der Waals surface area contributed by atoms with Gasteiger partial charge in [-0.2, -0.15) is 0 Å². The van der Waals surface area contributed by atoms with Crippen LogP contribution in [0.1, 0.15) is 21.0 Å². The highest BCUT2D eigenvalue weighted by Gasteiger charge is 2.22. The van der Waals surface area contributed by atoms with E-state index < -0.39 is 15.9 Å². The highest BCUT2D eigenvalue weighted by Crippen LogP contribution is 2.31. The van der Waals surface area contributed by atoms with Crippen LogP contribution in [0.2, 0.25) is 0 Å². The van der Waals surface area contributed by atoms with E-state index in [4.69, 9.17) is 9.47 Å². The van der Waals surface area contributed by atoms with Gasteiger partial charge in [0.1, 0.15) is 0 Å². The van der Waals surface area contributed by atoms with Gasteiger partial charge in [0.15, 0.2) is 11.5 Å². The number of benzene rings is 1. The van der Waals surface area contributed by atoms with Crippen LogP contribution in [-0.4, -0.2) is 27.5 Å². The lowest BCUT2D eigenvalue weighted by Gasteiger charge is -2.10. The van der Waals surface area contributed by atoms with Gasteiger partial charge in [-0.3, -0.25) is 4.79 Å². The molecule has 6 nitrogen and oxygen atoms in total. The first-order valence-electron chi connectivity index (χ1n) is 6.99. The Bertz CT molecular complexity index is 841. The normalized spacial score (nSPS) is 14.1. The van der Waals surface area contributed by atoms with E-state index in [1.165, 1.54) is 29.5 Å². The van der Waals surface area contributed by atoms with E-state index in [-0.39, 0.29) is 4.90 Å². The fourth-order valence-corrected chi connectivity index (χ4v) is 3.91. The molecule has 1 N–H and O–H groups in total. The molecular weight excluding hydrogens is 338 g/mol. The van der Waals surface area contributed by atoms with Crippen molar-refractivity contribution in [3.05, 3.63) is 40.1 Å². The summed E-state index contributed by atoms with van der Waals surface area (Å²) < 4.78 is 37.8. The summed E-state index contributed by atoms with van der Waals surface area (Å²) in [6, 6.07) is 7.66. The van der Waals surface area contributed by atoms with Crippen molar-refractivity contribution in [1.29, 1.82) is 0 Å². The van der Waals surface area contributed by atoms with E-state index in [1.807, 2.05) is 6.92 Å². The summed E-state index contributed by atoms with van der Waals surface area (Å²) in [5, 5.41) is 0. The summed E-state index contributed by atoms with van der Waals surface area (Å²) in [5.74, 6) is 0.224. The summed E-state index contributed by atoms with van der Waals surface area (Å²) in [4.78, 5) is 13.3. The summed E-state index contributed by atoms with van der Waals surface area (Å²) >= 11 is 1.24. The van der Waals surface area contributed by atoms with Crippen LogP contribution in [0, 0.1) is 6.92 Å². The second-order valence-corrected chi connectivity index (χ2v) is 7.97. The lowest BCUT2D eigenvalue weighted by Crippen LogP contribution is -2.30. The molecule has 0 atom stereocenters. The molecule has 0 saturated carbocycles. The number of carbonyl (C=O) groups excluding carboxylic acids is 1. The van der Waals surface area contributed by atoms with Crippen LogP contribution in [0.4, 0.5) is 0 Å². The number of aryl methyl sites for hydroxylation is 1. The van der Waals surface area contributed by atoms with E-state index >= 15 is 0 Å². The topological polar surface area (TPSA) is 81.7 Å². The van der Waals surface area contributed by atoms with E-state index in [1.54, 1.807) is 12.1 Å². The van der Waals surface area contributed by atoms with Crippen molar-refractivity contribution in [1.82, 2.24) is 4.72 Å². The Labute approximate surface area is 138 Å². The molecule has 0 spiro atoms. The first-order valence-corrected chi connectivity index (χ1v) is 9.29. The Hall–Kier alpha value is -2.06. The lowest BCUT2D eigenvalue weighted by molar-refractivity contribution is 0.0985. The first-order chi connectivity index (χ1) is 11.0. The van der Waals surface area contributed by atoms with Gasteiger partial charge in [-0.25, -0.2) is 13.1 Å². The predicted molar refractivity (Wildman–Crippen MR) is 85.8 cm³/mol. The van der Waals surface area contributed by atoms with Gasteiger partial charge in [0.25, 0.3) is 15.9 Å². The predicted octanol–water partition coefficient (Wildman–Crippen LogP) is 2.34. The van der Waals surface area contributed by atoms with Crippen LogP contribution in [0.5, 0.6) is 11.5 Å². The molecule has 0 bridgehead atoms. The van der Waals surface area contributed by atoms with Crippen LogP contribution in [0.15, 0.2) is 35.2 Å². The van der Waals surface area contributed by atoms with Gasteiger partial charge >= 0.3 is 0 Å². The van der Waals surface area contributed by atoms with E-state index in [0.717, 1.165) is 11.3 Å². The van der Waals surface area contributed by atoms with E-state index in [0.29, 0.717) is 29.6 Å². The van der Waals surface area contributed by atoms with E-state index in [2.05, 4.69) is 4.72 Å². The number of thiophene rings is 1. The molecule has 1 aliphatic rings. The van der Waals surface area contributed by atoms with Crippen LogP contribution in [-0.2, 0) is 10.0 Å². The quantitative estimate of drug-likeness (QED) is 0.916. The fraction of sp³-hybridized carbons (Fsp3) is 0.267. The maximum absolute atomic E-state index is 12.4. The van der Waals surface area contributed by atoms with Gasteiger partial charge in [0.05, 0.1) is 23.0 Å². The molecule has 1 amide bonds. The average molecular weight is 353 g/mol. The summed E-state index contributed by atoms with van der Waals surface area (Å²) in [6.07, 6.45) is 0.727. The molecule has 0 aliphatic carbocycles. The molecule has 2 aromatic rings. The third-order valence-electron chi connectivity index (χ3n) is 3.22. The molecular formula is C15H15NO5S2. The molecule has 0 fully saturated rings. The van der Waals surface area contributed by atoms with Gasteiger partial charge < -0.3 is 9.47 Å². The second kappa shape index (κ2) is 6.21. The highest BCUT2D eigenvalue weighted by atomic mass is 32.2. The number of hydrogen-bond acceptors (Lipinski definition) is 6. The van der Waals surface area contributed by atoms with Gasteiger partial charge in [0, 0.05) is 17.4 Å². The van der Waals surface area contributed by atoms with Crippen molar-refractivity contribution >= 4 is 27.3 Å². The van der Waals surface area contributed by atoms with Crippen molar-refractivity contribution in [2.45, 2.75) is 18.2 Å². The molecule has 1 aliphatic heterocycles. The van der Waals surface area contributed by atoms with Gasteiger partial charge in [-0.1, -0.05) is 0 Å².